The molecule has 0 spiro atoms. The first-order chi connectivity index (χ1) is 15.2. The Labute approximate surface area is 212 Å². The number of halogens is 1. The summed E-state index contributed by atoms with van der Waals surface area (Å²) in [6.45, 7) is 3.59. The SMILES string of the molecule is CN=C(NCc1ccc(N2CCCC2=O)cc1)NCC1CCCN(C)C1c1cccs1.I. The van der Waals surface area contributed by atoms with Crippen LogP contribution < -0.4 is 15.5 Å². The van der Waals surface area contributed by atoms with Crippen LogP contribution in [0, 0.1) is 5.92 Å². The van der Waals surface area contributed by atoms with Gasteiger partial charge in [-0.3, -0.25) is 14.7 Å². The molecular formula is C24H34IN5OS. The number of anilines is 1. The number of guanidine groups is 1. The van der Waals surface area contributed by atoms with E-state index in [0.717, 1.165) is 37.7 Å². The van der Waals surface area contributed by atoms with E-state index in [1.54, 1.807) is 0 Å². The zero-order chi connectivity index (χ0) is 21.6. The second-order valence-corrected chi connectivity index (χ2v) is 9.44. The molecule has 0 saturated carbocycles. The van der Waals surface area contributed by atoms with Crippen LogP contribution >= 0.6 is 35.3 Å². The van der Waals surface area contributed by atoms with E-state index in [1.807, 2.05) is 35.4 Å². The smallest absolute Gasteiger partial charge is 0.227 e. The number of rotatable bonds is 6. The molecule has 2 unspecified atom stereocenters. The predicted molar refractivity (Wildman–Crippen MR) is 144 cm³/mol. The van der Waals surface area contributed by atoms with Crippen molar-refractivity contribution >= 4 is 52.9 Å². The Morgan fingerprint density at radius 1 is 1.16 bits per heavy atom. The standard InChI is InChI=1S/C24H33N5OS.HI/c1-25-24(26-16-18-9-11-20(12-10-18)29-14-4-8-22(29)30)27-17-19-6-3-13-28(2)23(19)21-7-5-15-31-21;/h5,7,9-12,15,19,23H,3-4,6,8,13-14,16-17H2,1-2H3,(H2,25,26,27);1H. The molecule has 32 heavy (non-hydrogen) atoms. The summed E-state index contributed by atoms with van der Waals surface area (Å²) < 4.78 is 0. The topological polar surface area (TPSA) is 60.0 Å². The maximum atomic E-state index is 11.9. The largest absolute Gasteiger partial charge is 0.356 e. The van der Waals surface area contributed by atoms with Gasteiger partial charge in [0.2, 0.25) is 5.91 Å². The molecule has 2 atom stereocenters. The maximum Gasteiger partial charge on any atom is 0.227 e. The molecule has 2 aliphatic heterocycles. The second kappa shape index (κ2) is 12.0. The summed E-state index contributed by atoms with van der Waals surface area (Å²) in [6, 6.07) is 13.1. The molecule has 1 aromatic heterocycles. The van der Waals surface area contributed by atoms with Gasteiger partial charge in [0, 0.05) is 49.7 Å². The highest BCUT2D eigenvalue weighted by Gasteiger charge is 2.31. The fourth-order valence-electron chi connectivity index (χ4n) is 4.73. The Balaban J connectivity index is 0.00000289. The van der Waals surface area contributed by atoms with Gasteiger partial charge in [-0.2, -0.15) is 0 Å². The van der Waals surface area contributed by atoms with Crippen LogP contribution in [-0.2, 0) is 11.3 Å². The maximum absolute atomic E-state index is 11.9. The van der Waals surface area contributed by atoms with E-state index in [-0.39, 0.29) is 29.9 Å². The summed E-state index contributed by atoms with van der Waals surface area (Å²) in [5.41, 5.74) is 2.17. The quantitative estimate of drug-likeness (QED) is 0.312. The van der Waals surface area contributed by atoms with Crippen molar-refractivity contribution in [1.82, 2.24) is 15.5 Å². The van der Waals surface area contributed by atoms with Gasteiger partial charge in [0.05, 0.1) is 0 Å². The number of nitrogens with zero attached hydrogens (tertiary/aromatic N) is 3. The van der Waals surface area contributed by atoms with E-state index in [9.17, 15) is 4.79 Å². The van der Waals surface area contributed by atoms with Crippen molar-refractivity contribution in [3.8, 4) is 0 Å². The van der Waals surface area contributed by atoms with Gasteiger partial charge in [0.1, 0.15) is 0 Å². The van der Waals surface area contributed by atoms with E-state index in [0.29, 0.717) is 24.9 Å². The number of carbonyl (C=O) groups is 1. The molecule has 8 heteroatoms. The molecule has 4 rings (SSSR count). The monoisotopic (exact) mass is 567 g/mol. The number of likely N-dealkylation sites (tertiary alicyclic amines) is 1. The van der Waals surface area contributed by atoms with Crippen molar-refractivity contribution in [2.75, 3.05) is 38.6 Å². The van der Waals surface area contributed by atoms with Gasteiger partial charge in [-0.1, -0.05) is 18.2 Å². The Morgan fingerprint density at radius 3 is 2.62 bits per heavy atom. The van der Waals surface area contributed by atoms with Gasteiger partial charge in [0.25, 0.3) is 0 Å². The van der Waals surface area contributed by atoms with Crippen molar-refractivity contribution in [2.45, 2.75) is 38.3 Å². The number of carbonyl (C=O) groups excluding carboxylic acids is 1. The summed E-state index contributed by atoms with van der Waals surface area (Å²) in [5.74, 6) is 1.62. The highest BCUT2D eigenvalue weighted by atomic mass is 127. The number of piperidine rings is 1. The average Bonchev–Trinajstić information content (AvgIpc) is 3.46. The summed E-state index contributed by atoms with van der Waals surface area (Å²) in [5, 5.41) is 9.15. The molecular weight excluding hydrogens is 533 g/mol. The Bertz CT molecular complexity index is 886. The van der Waals surface area contributed by atoms with E-state index >= 15 is 0 Å². The van der Waals surface area contributed by atoms with Crippen LogP contribution in [0.25, 0.3) is 0 Å². The van der Waals surface area contributed by atoms with Gasteiger partial charge in [-0.15, -0.1) is 35.3 Å². The number of amides is 1. The highest BCUT2D eigenvalue weighted by Crippen LogP contribution is 2.36. The first kappa shape index (κ1) is 25.0. The lowest BCUT2D eigenvalue weighted by atomic mass is 9.88. The lowest BCUT2D eigenvalue weighted by Gasteiger charge is -2.39. The minimum absolute atomic E-state index is 0. The molecule has 174 valence electrons. The van der Waals surface area contributed by atoms with Crippen molar-refractivity contribution in [1.29, 1.82) is 0 Å². The average molecular weight is 568 g/mol. The van der Waals surface area contributed by atoms with E-state index in [2.05, 4.69) is 57.2 Å². The van der Waals surface area contributed by atoms with Crippen LogP contribution in [0.15, 0.2) is 46.8 Å². The molecule has 0 bridgehead atoms. The first-order valence-electron chi connectivity index (χ1n) is 11.2. The minimum Gasteiger partial charge on any atom is -0.356 e. The van der Waals surface area contributed by atoms with Gasteiger partial charge < -0.3 is 15.5 Å². The van der Waals surface area contributed by atoms with E-state index in [4.69, 9.17) is 0 Å². The molecule has 1 amide bonds. The second-order valence-electron chi connectivity index (χ2n) is 8.47. The van der Waals surface area contributed by atoms with Crippen LogP contribution in [0.3, 0.4) is 0 Å². The van der Waals surface area contributed by atoms with Crippen molar-refractivity contribution < 1.29 is 4.79 Å². The van der Waals surface area contributed by atoms with Crippen LogP contribution in [0.1, 0.15) is 42.2 Å². The van der Waals surface area contributed by atoms with Gasteiger partial charge in [-0.05, 0) is 67.9 Å². The molecule has 6 nitrogen and oxygen atoms in total. The molecule has 0 aliphatic carbocycles. The first-order valence-corrected chi connectivity index (χ1v) is 12.1. The fourth-order valence-corrected chi connectivity index (χ4v) is 5.71. The lowest BCUT2D eigenvalue weighted by molar-refractivity contribution is -0.117. The number of aliphatic imine (C=N–C) groups is 1. The Hall–Kier alpha value is -1.65. The molecule has 2 N–H and O–H groups in total. The zero-order valence-electron chi connectivity index (χ0n) is 18.9. The summed E-state index contributed by atoms with van der Waals surface area (Å²) in [4.78, 5) is 22.2. The number of benzene rings is 1. The van der Waals surface area contributed by atoms with Crippen LogP contribution in [0.5, 0.6) is 0 Å². The number of hydrogen-bond donors (Lipinski definition) is 2. The molecule has 3 heterocycles. The zero-order valence-corrected chi connectivity index (χ0v) is 22.1. The minimum atomic E-state index is 0. The third-order valence-corrected chi connectivity index (χ3v) is 7.32. The Morgan fingerprint density at radius 2 is 1.97 bits per heavy atom. The summed E-state index contributed by atoms with van der Waals surface area (Å²) in [6.07, 6.45) is 4.08. The third-order valence-electron chi connectivity index (χ3n) is 6.38. The van der Waals surface area contributed by atoms with Crippen molar-refractivity contribution in [3.63, 3.8) is 0 Å². The molecule has 1 aromatic carbocycles. The van der Waals surface area contributed by atoms with Crippen molar-refractivity contribution in [3.05, 3.63) is 52.2 Å². The van der Waals surface area contributed by atoms with Gasteiger partial charge in [-0.25, -0.2) is 0 Å². The number of hydrogen-bond acceptors (Lipinski definition) is 4. The van der Waals surface area contributed by atoms with Crippen LogP contribution in [-0.4, -0.2) is 50.5 Å². The number of nitrogens with one attached hydrogen (secondary N) is 2. The van der Waals surface area contributed by atoms with Crippen LogP contribution in [0.2, 0.25) is 0 Å². The summed E-state index contributed by atoms with van der Waals surface area (Å²) in [7, 11) is 4.06. The fraction of sp³-hybridized carbons (Fsp3) is 0.500. The molecule has 2 aromatic rings. The molecule has 2 saturated heterocycles. The Kier molecular flexibility index (Phi) is 9.36. The highest BCUT2D eigenvalue weighted by molar-refractivity contribution is 14.0. The molecule has 0 radical (unpaired) electrons. The van der Waals surface area contributed by atoms with E-state index < -0.39 is 0 Å². The third kappa shape index (κ3) is 6.02. The number of thiophene rings is 1. The molecule has 2 fully saturated rings. The predicted octanol–water partition coefficient (Wildman–Crippen LogP) is 4.24. The van der Waals surface area contributed by atoms with Gasteiger partial charge >= 0.3 is 0 Å². The van der Waals surface area contributed by atoms with Crippen LogP contribution in [0.4, 0.5) is 5.69 Å². The van der Waals surface area contributed by atoms with Gasteiger partial charge in [0.15, 0.2) is 5.96 Å². The molecule has 2 aliphatic rings. The van der Waals surface area contributed by atoms with E-state index in [1.165, 1.54) is 23.3 Å². The summed E-state index contributed by atoms with van der Waals surface area (Å²) >= 11 is 1.85. The lowest BCUT2D eigenvalue weighted by Crippen LogP contribution is -2.44. The normalized spacial score (nSPS) is 22.0. The van der Waals surface area contributed by atoms with Crippen molar-refractivity contribution in [2.24, 2.45) is 10.9 Å².